The number of hydrogen-bond acceptors (Lipinski definition) is 4. The molecule has 0 spiro atoms. The van der Waals surface area contributed by atoms with Crippen LogP contribution in [-0.2, 0) is 18.4 Å². The fourth-order valence-electron chi connectivity index (χ4n) is 2.80. The van der Waals surface area contributed by atoms with E-state index in [2.05, 4.69) is 31.0 Å². The van der Waals surface area contributed by atoms with E-state index in [-0.39, 0.29) is 5.91 Å². The van der Waals surface area contributed by atoms with Crippen LogP contribution in [0.25, 0.3) is 0 Å². The third kappa shape index (κ3) is 5.88. The summed E-state index contributed by atoms with van der Waals surface area (Å²) in [6.07, 6.45) is 7.13. The molecule has 2 rings (SSSR count). The summed E-state index contributed by atoms with van der Waals surface area (Å²) >= 11 is 0. The van der Waals surface area contributed by atoms with Crippen molar-refractivity contribution in [1.82, 2.24) is 30.7 Å². The summed E-state index contributed by atoms with van der Waals surface area (Å²) in [6.45, 7) is 1.77. The van der Waals surface area contributed by atoms with Gasteiger partial charge in [-0.15, -0.1) is 0 Å². The van der Waals surface area contributed by atoms with Gasteiger partial charge < -0.3 is 16.0 Å². The maximum absolute atomic E-state index is 11.8. The Morgan fingerprint density at radius 2 is 2.04 bits per heavy atom. The summed E-state index contributed by atoms with van der Waals surface area (Å²) in [7, 11) is 3.56. The summed E-state index contributed by atoms with van der Waals surface area (Å²) in [6, 6.07) is 0. The van der Waals surface area contributed by atoms with Gasteiger partial charge in [0.1, 0.15) is 12.2 Å². The fraction of sp³-hybridized carbons (Fsp3) is 0.733. The lowest BCUT2D eigenvalue weighted by atomic mass is 10.0. The van der Waals surface area contributed by atoms with Crippen LogP contribution < -0.4 is 16.0 Å². The molecule has 8 heteroatoms. The van der Waals surface area contributed by atoms with Crippen LogP contribution in [0.15, 0.2) is 11.3 Å². The molecule has 1 aliphatic rings. The molecule has 0 radical (unpaired) electrons. The molecule has 0 atom stereocenters. The van der Waals surface area contributed by atoms with Crippen molar-refractivity contribution >= 4 is 11.9 Å². The standard InChI is InChI=1S/C15H27N7O/c1-16-15(19-10-13-20-11-21-22(13)2)18-8-7-17-14(23)9-12-5-3-4-6-12/h11-12H,3-10H2,1-2H3,(H,17,23)(H2,16,18,19). The first kappa shape index (κ1) is 17.2. The van der Waals surface area contributed by atoms with Crippen LogP contribution in [0.5, 0.6) is 0 Å². The normalized spacial score (nSPS) is 15.7. The van der Waals surface area contributed by atoms with E-state index in [0.29, 0.717) is 37.9 Å². The van der Waals surface area contributed by atoms with Crippen LogP contribution in [-0.4, -0.2) is 46.8 Å². The number of amides is 1. The Hall–Kier alpha value is -2.12. The smallest absolute Gasteiger partial charge is 0.220 e. The Labute approximate surface area is 137 Å². The molecular weight excluding hydrogens is 294 g/mol. The van der Waals surface area contributed by atoms with E-state index in [4.69, 9.17) is 0 Å². The van der Waals surface area contributed by atoms with E-state index in [1.807, 2.05) is 7.05 Å². The molecule has 1 aromatic heterocycles. The van der Waals surface area contributed by atoms with Gasteiger partial charge in [-0.25, -0.2) is 4.98 Å². The lowest BCUT2D eigenvalue weighted by Crippen LogP contribution is -2.41. The molecule has 23 heavy (non-hydrogen) atoms. The van der Waals surface area contributed by atoms with Gasteiger partial charge in [0.2, 0.25) is 5.91 Å². The summed E-state index contributed by atoms with van der Waals surface area (Å²) in [4.78, 5) is 20.1. The largest absolute Gasteiger partial charge is 0.355 e. The van der Waals surface area contributed by atoms with E-state index in [1.54, 1.807) is 11.7 Å². The second kappa shape index (κ2) is 9.12. The number of aliphatic imine (C=N–C) groups is 1. The van der Waals surface area contributed by atoms with Crippen molar-refractivity contribution in [1.29, 1.82) is 0 Å². The lowest BCUT2D eigenvalue weighted by molar-refractivity contribution is -0.121. The van der Waals surface area contributed by atoms with Crippen molar-refractivity contribution in [2.75, 3.05) is 20.1 Å². The van der Waals surface area contributed by atoms with E-state index in [0.717, 1.165) is 5.82 Å². The van der Waals surface area contributed by atoms with E-state index in [9.17, 15) is 4.79 Å². The third-order valence-corrected chi connectivity index (χ3v) is 4.13. The summed E-state index contributed by atoms with van der Waals surface area (Å²) < 4.78 is 1.71. The first-order chi connectivity index (χ1) is 11.2. The predicted molar refractivity (Wildman–Crippen MR) is 88.8 cm³/mol. The molecule has 128 valence electrons. The average Bonchev–Trinajstić information content (AvgIpc) is 3.18. The predicted octanol–water partition coefficient (Wildman–Crippen LogP) is 0.177. The second-order valence-electron chi connectivity index (χ2n) is 5.86. The number of aromatic nitrogens is 3. The average molecular weight is 321 g/mol. The maximum atomic E-state index is 11.8. The van der Waals surface area contributed by atoms with Gasteiger partial charge in [-0.3, -0.25) is 14.5 Å². The molecule has 3 N–H and O–H groups in total. The zero-order chi connectivity index (χ0) is 16.5. The van der Waals surface area contributed by atoms with Gasteiger partial charge in [0.25, 0.3) is 0 Å². The monoisotopic (exact) mass is 321 g/mol. The fourth-order valence-corrected chi connectivity index (χ4v) is 2.80. The molecule has 0 unspecified atom stereocenters. The van der Waals surface area contributed by atoms with Crippen LogP contribution >= 0.6 is 0 Å². The van der Waals surface area contributed by atoms with Gasteiger partial charge in [0.15, 0.2) is 5.96 Å². The molecule has 1 saturated carbocycles. The molecule has 1 fully saturated rings. The molecule has 0 aromatic carbocycles. The lowest BCUT2D eigenvalue weighted by Gasteiger charge is -2.13. The summed E-state index contributed by atoms with van der Waals surface area (Å²) in [5.41, 5.74) is 0. The highest BCUT2D eigenvalue weighted by molar-refractivity contribution is 5.79. The number of aryl methyl sites for hydroxylation is 1. The Balaban J connectivity index is 1.58. The first-order valence-corrected chi connectivity index (χ1v) is 8.23. The van der Waals surface area contributed by atoms with E-state index in [1.165, 1.54) is 32.0 Å². The van der Waals surface area contributed by atoms with Crippen molar-refractivity contribution in [2.24, 2.45) is 18.0 Å². The van der Waals surface area contributed by atoms with Gasteiger partial charge in [0.05, 0.1) is 6.54 Å². The molecule has 1 amide bonds. The maximum Gasteiger partial charge on any atom is 0.220 e. The minimum Gasteiger partial charge on any atom is -0.355 e. The van der Waals surface area contributed by atoms with Gasteiger partial charge in [0, 0.05) is 33.6 Å². The Bertz CT molecular complexity index is 520. The summed E-state index contributed by atoms with van der Waals surface area (Å²) in [5.74, 6) is 2.25. The van der Waals surface area contributed by atoms with Crippen molar-refractivity contribution in [3.05, 3.63) is 12.2 Å². The van der Waals surface area contributed by atoms with E-state index >= 15 is 0 Å². The first-order valence-electron chi connectivity index (χ1n) is 8.23. The Morgan fingerprint density at radius 1 is 1.30 bits per heavy atom. The molecule has 1 aliphatic carbocycles. The number of nitrogens with one attached hydrogen (secondary N) is 3. The van der Waals surface area contributed by atoms with Crippen LogP contribution in [0.4, 0.5) is 0 Å². The molecule has 1 heterocycles. The number of carbonyl (C=O) groups is 1. The topological polar surface area (TPSA) is 96.2 Å². The number of guanidine groups is 1. The van der Waals surface area contributed by atoms with Gasteiger partial charge in [-0.1, -0.05) is 12.8 Å². The second-order valence-corrected chi connectivity index (χ2v) is 5.86. The van der Waals surface area contributed by atoms with Gasteiger partial charge >= 0.3 is 0 Å². The van der Waals surface area contributed by atoms with Crippen molar-refractivity contribution in [3.8, 4) is 0 Å². The SMILES string of the molecule is CN=C(NCCNC(=O)CC1CCCC1)NCc1ncnn1C. The van der Waals surface area contributed by atoms with Gasteiger partial charge in [-0.2, -0.15) is 5.10 Å². The Morgan fingerprint density at radius 3 is 2.70 bits per heavy atom. The third-order valence-electron chi connectivity index (χ3n) is 4.13. The van der Waals surface area contributed by atoms with Crippen LogP contribution in [0, 0.1) is 5.92 Å². The number of hydrogen-bond donors (Lipinski definition) is 3. The molecule has 0 aliphatic heterocycles. The molecular formula is C15H27N7O. The van der Waals surface area contributed by atoms with Crippen molar-refractivity contribution in [3.63, 3.8) is 0 Å². The van der Waals surface area contributed by atoms with Crippen molar-refractivity contribution in [2.45, 2.75) is 38.6 Å². The number of nitrogens with zero attached hydrogens (tertiary/aromatic N) is 4. The van der Waals surface area contributed by atoms with Crippen LogP contribution in [0.2, 0.25) is 0 Å². The van der Waals surface area contributed by atoms with Crippen molar-refractivity contribution < 1.29 is 4.79 Å². The van der Waals surface area contributed by atoms with Crippen LogP contribution in [0.1, 0.15) is 37.9 Å². The molecule has 1 aromatic rings. The van der Waals surface area contributed by atoms with E-state index < -0.39 is 0 Å². The summed E-state index contributed by atoms with van der Waals surface area (Å²) in [5, 5.41) is 13.3. The van der Waals surface area contributed by atoms with Crippen LogP contribution in [0.3, 0.4) is 0 Å². The quantitative estimate of drug-likeness (QED) is 0.378. The molecule has 8 nitrogen and oxygen atoms in total. The minimum atomic E-state index is 0.153. The number of rotatable bonds is 7. The highest BCUT2D eigenvalue weighted by atomic mass is 16.1. The number of carbonyl (C=O) groups excluding carboxylic acids is 1. The highest BCUT2D eigenvalue weighted by Crippen LogP contribution is 2.27. The minimum absolute atomic E-state index is 0.153. The highest BCUT2D eigenvalue weighted by Gasteiger charge is 2.17. The Kier molecular flexibility index (Phi) is 6.83. The van der Waals surface area contributed by atoms with Gasteiger partial charge in [-0.05, 0) is 18.8 Å². The zero-order valence-corrected chi connectivity index (χ0v) is 14.0. The molecule has 0 bridgehead atoms. The molecule has 0 saturated heterocycles. The zero-order valence-electron chi connectivity index (χ0n) is 14.0.